The van der Waals surface area contributed by atoms with Gasteiger partial charge in [0.1, 0.15) is 4.83 Å². The number of halogens is 1. The highest BCUT2D eigenvalue weighted by atomic mass is 35.5. The molecule has 80 valence electrons. The smallest absolute Gasteiger partial charge is 0.224 e. The summed E-state index contributed by atoms with van der Waals surface area (Å²) in [7, 11) is 0. The minimum atomic E-state index is 0.425. The average Bonchev–Trinajstić information content (AvgIpc) is 2.72. The van der Waals surface area contributed by atoms with Gasteiger partial charge >= 0.3 is 0 Å². The Morgan fingerprint density at radius 1 is 1.60 bits per heavy atom. The van der Waals surface area contributed by atoms with E-state index in [0.29, 0.717) is 17.7 Å². The summed E-state index contributed by atoms with van der Waals surface area (Å²) in [4.78, 5) is 9.64. The molecule has 0 spiro atoms. The number of hydrogen-bond donors (Lipinski definition) is 1. The normalized spacial score (nSPS) is 12.9. The fraction of sp³-hybridized carbons (Fsp3) is 0.400. The number of nitrogens with one attached hydrogen (secondary N) is 1. The molecule has 1 atom stereocenters. The zero-order chi connectivity index (χ0) is 10.7. The molecule has 1 unspecified atom stereocenters. The largest absolute Gasteiger partial charge is 0.354 e. The molecule has 0 saturated heterocycles. The molecular weight excluding hydrogens is 230 g/mol. The van der Waals surface area contributed by atoms with Crippen molar-refractivity contribution in [3.63, 3.8) is 0 Å². The first kappa shape index (κ1) is 10.6. The van der Waals surface area contributed by atoms with Crippen molar-refractivity contribution >= 4 is 39.1 Å². The van der Waals surface area contributed by atoms with Gasteiger partial charge in [0.15, 0.2) is 0 Å². The van der Waals surface area contributed by atoms with Crippen LogP contribution in [-0.4, -0.2) is 22.4 Å². The van der Waals surface area contributed by atoms with Crippen molar-refractivity contribution in [1.82, 2.24) is 9.97 Å². The Balaban J connectivity index is 2.08. The van der Waals surface area contributed by atoms with E-state index in [9.17, 15) is 0 Å². The molecule has 15 heavy (non-hydrogen) atoms. The zero-order valence-electron chi connectivity index (χ0n) is 8.40. The van der Waals surface area contributed by atoms with Gasteiger partial charge in [0.2, 0.25) is 5.95 Å². The van der Waals surface area contributed by atoms with Crippen molar-refractivity contribution in [2.24, 2.45) is 5.92 Å². The Kier molecular flexibility index (Phi) is 3.38. The first-order chi connectivity index (χ1) is 7.29. The third kappa shape index (κ3) is 2.58. The molecule has 0 fully saturated rings. The second kappa shape index (κ2) is 4.77. The van der Waals surface area contributed by atoms with Crippen LogP contribution in [-0.2, 0) is 0 Å². The van der Waals surface area contributed by atoms with E-state index in [1.807, 2.05) is 17.6 Å². The van der Waals surface area contributed by atoms with Crippen molar-refractivity contribution in [1.29, 1.82) is 0 Å². The van der Waals surface area contributed by atoms with E-state index in [0.717, 1.165) is 16.8 Å². The Hall–Kier alpha value is -0.870. The highest BCUT2D eigenvalue weighted by Crippen LogP contribution is 2.18. The summed E-state index contributed by atoms with van der Waals surface area (Å²) in [6.45, 7) is 2.89. The molecule has 1 N–H and O–H groups in total. The lowest BCUT2D eigenvalue weighted by Crippen LogP contribution is -2.13. The maximum atomic E-state index is 5.72. The van der Waals surface area contributed by atoms with Gasteiger partial charge in [-0.1, -0.05) is 6.92 Å². The Morgan fingerprint density at radius 3 is 3.27 bits per heavy atom. The molecule has 0 aliphatic carbocycles. The van der Waals surface area contributed by atoms with Crippen LogP contribution in [0.5, 0.6) is 0 Å². The summed E-state index contributed by atoms with van der Waals surface area (Å²) in [5.74, 6) is 1.75. The number of rotatable bonds is 4. The van der Waals surface area contributed by atoms with E-state index in [1.54, 1.807) is 11.3 Å². The van der Waals surface area contributed by atoms with Crippen molar-refractivity contribution in [3.05, 3.63) is 17.6 Å². The van der Waals surface area contributed by atoms with Crippen molar-refractivity contribution < 1.29 is 0 Å². The quantitative estimate of drug-likeness (QED) is 0.837. The fourth-order valence-electron chi connectivity index (χ4n) is 1.16. The number of hydrogen-bond acceptors (Lipinski definition) is 4. The van der Waals surface area contributed by atoms with Gasteiger partial charge in [0, 0.05) is 24.0 Å². The second-order valence-electron chi connectivity index (χ2n) is 3.52. The van der Waals surface area contributed by atoms with Gasteiger partial charge in [-0.15, -0.1) is 22.9 Å². The van der Waals surface area contributed by atoms with E-state index >= 15 is 0 Å². The molecular formula is C10H12ClN3S. The van der Waals surface area contributed by atoms with Gasteiger partial charge in [-0.05, 0) is 17.4 Å². The van der Waals surface area contributed by atoms with E-state index in [-0.39, 0.29) is 0 Å². The van der Waals surface area contributed by atoms with Gasteiger partial charge in [-0.3, -0.25) is 0 Å². The summed E-state index contributed by atoms with van der Waals surface area (Å²) in [6.07, 6.45) is 1.84. The van der Waals surface area contributed by atoms with Crippen LogP contribution in [0.2, 0.25) is 0 Å². The van der Waals surface area contributed by atoms with Gasteiger partial charge in [0.25, 0.3) is 0 Å². The monoisotopic (exact) mass is 241 g/mol. The number of nitrogens with zero attached hydrogens (tertiary/aromatic N) is 2. The minimum Gasteiger partial charge on any atom is -0.354 e. The van der Waals surface area contributed by atoms with Crippen molar-refractivity contribution in [2.45, 2.75) is 6.92 Å². The first-order valence-electron chi connectivity index (χ1n) is 4.79. The molecule has 0 amide bonds. The number of anilines is 1. The van der Waals surface area contributed by atoms with Crippen LogP contribution in [0.25, 0.3) is 10.2 Å². The molecule has 2 aromatic rings. The number of thiophene rings is 1. The second-order valence-corrected chi connectivity index (χ2v) is 4.72. The molecule has 0 saturated carbocycles. The Bertz CT molecular complexity index is 443. The minimum absolute atomic E-state index is 0.425. The van der Waals surface area contributed by atoms with Gasteiger partial charge in [0.05, 0.1) is 0 Å². The lowest BCUT2D eigenvalue weighted by molar-refractivity contribution is 0.692. The molecule has 2 heterocycles. The molecule has 2 aromatic heterocycles. The number of aromatic nitrogens is 2. The van der Waals surface area contributed by atoms with Crippen LogP contribution in [0.15, 0.2) is 17.6 Å². The van der Waals surface area contributed by atoms with Crippen molar-refractivity contribution in [2.75, 3.05) is 17.7 Å². The number of alkyl halides is 1. The third-order valence-electron chi connectivity index (χ3n) is 2.08. The Morgan fingerprint density at radius 2 is 2.47 bits per heavy atom. The molecule has 0 radical (unpaired) electrons. The average molecular weight is 242 g/mol. The Labute approximate surface area is 97.5 Å². The SMILES string of the molecule is CC(CCl)CNc1ncc2ccsc2n1. The zero-order valence-corrected chi connectivity index (χ0v) is 9.98. The van der Waals surface area contributed by atoms with Gasteiger partial charge < -0.3 is 5.32 Å². The molecule has 2 rings (SSSR count). The highest BCUT2D eigenvalue weighted by Gasteiger charge is 2.03. The summed E-state index contributed by atoms with van der Waals surface area (Å²) >= 11 is 7.34. The molecule has 0 aliphatic heterocycles. The fourth-order valence-corrected chi connectivity index (χ4v) is 2.01. The topological polar surface area (TPSA) is 37.8 Å². The number of fused-ring (bicyclic) bond motifs is 1. The standard InChI is InChI=1S/C10H12ClN3S/c1-7(4-11)5-12-10-13-6-8-2-3-15-9(8)14-10/h2-3,6-7H,4-5H2,1H3,(H,12,13,14). The highest BCUT2D eigenvalue weighted by molar-refractivity contribution is 7.16. The third-order valence-corrected chi connectivity index (χ3v) is 3.43. The van der Waals surface area contributed by atoms with E-state index in [4.69, 9.17) is 11.6 Å². The molecule has 0 bridgehead atoms. The first-order valence-corrected chi connectivity index (χ1v) is 6.21. The van der Waals surface area contributed by atoms with Crippen LogP contribution in [0, 0.1) is 5.92 Å². The van der Waals surface area contributed by atoms with Crippen molar-refractivity contribution in [3.8, 4) is 0 Å². The summed E-state index contributed by atoms with van der Waals surface area (Å²) < 4.78 is 0. The lowest BCUT2D eigenvalue weighted by Gasteiger charge is -2.08. The molecule has 5 heteroatoms. The van der Waals surface area contributed by atoms with Gasteiger partial charge in [-0.25, -0.2) is 9.97 Å². The van der Waals surface area contributed by atoms with Crippen LogP contribution >= 0.6 is 22.9 Å². The summed E-state index contributed by atoms with van der Waals surface area (Å²) in [5.41, 5.74) is 0. The summed E-state index contributed by atoms with van der Waals surface area (Å²) in [6, 6.07) is 2.02. The maximum Gasteiger partial charge on any atom is 0.224 e. The molecule has 3 nitrogen and oxygen atoms in total. The van der Waals surface area contributed by atoms with Crippen LogP contribution < -0.4 is 5.32 Å². The maximum absolute atomic E-state index is 5.72. The van der Waals surface area contributed by atoms with E-state index in [1.165, 1.54) is 0 Å². The van der Waals surface area contributed by atoms with E-state index in [2.05, 4.69) is 22.2 Å². The van der Waals surface area contributed by atoms with Gasteiger partial charge in [-0.2, -0.15) is 0 Å². The van der Waals surface area contributed by atoms with Crippen LogP contribution in [0.4, 0.5) is 5.95 Å². The molecule has 0 aromatic carbocycles. The predicted molar refractivity (Wildman–Crippen MR) is 65.8 cm³/mol. The van der Waals surface area contributed by atoms with E-state index < -0.39 is 0 Å². The van der Waals surface area contributed by atoms with Crippen LogP contribution in [0.3, 0.4) is 0 Å². The molecule has 0 aliphatic rings. The van der Waals surface area contributed by atoms with Crippen LogP contribution in [0.1, 0.15) is 6.92 Å². The predicted octanol–water partition coefficient (Wildman–Crippen LogP) is 2.98. The lowest BCUT2D eigenvalue weighted by atomic mass is 10.2. The summed E-state index contributed by atoms with van der Waals surface area (Å²) in [5, 5.41) is 6.29.